The van der Waals surface area contributed by atoms with Crippen LogP contribution in [0.1, 0.15) is 19.4 Å². The number of nitrogens with one attached hydrogen (secondary N) is 1. The zero-order valence-electron chi connectivity index (χ0n) is 16.3. The Morgan fingerprint density at radius 2 is 1.76 bits per heavy atom. The van der Waals surface area contributed by atoms with Gasteiger partial charge >= 0.3 is 0 Å². The molecule has 0 atom stereocenters. The molecule has 8 heteroatoms. The van der Waals surface area contributed by atoms with Crippen LogP contribution in [0.5, 0.6) is 17.2 Å². The average molecular weight is 433 g/mol. The molecule has 0 spiro atoms. The number of carbonyl (C=O) groups is 1. The molecule has 2 aromatic carbocycles. The van der Waals surface area contributed by atoms with E-state index in [-0.39, 0.29) is 5.91 Å². The third-order valence-electron chi connectivity index (χ3n) is 3.90. The standard InChI is InChI=1S/C21H21ClN2O4S/c1-4-27-17-10-13(16(22)12-18(17)28-5-2)11-19-20(25)24-21(29-19)23-14-6-8-15(26-3)9-7-14/h6-12H,4-5H2,1-3H3,(H,23,24,25)/b19-11+. The van der Waals surface area contributed by atoms with E-state index in [1.54, 1.807) is 25.3 Å². The smallest absolute Gasteiger partial charge is 0.264 e. The summed E-state index contributed by atoms with van der Waals surface area (Å²) in [6.07, 6.45) is 1.72. The Hall–Kier alpha value is -2.64. The fourth-order valence-corrected chi connectivity index (χ4v) is 3.63. The number of rotatable bonds is 7. The van der Waals surface area contributed by atoms with Crippen molar-refractivity contribution in [3.8, 4) is 17.2 Å². The maximum Gasteiger partial charge on any atom is 0.264 e. The van der Waals surface area contributed by atoms with Gasteiger partial charge in [-0.25, -0.2) is 4.99 Å². The summed E-state index contributed by atoms with van der Waals surface area (Å²) in [6, 6.07) is 10.7. The lowest BCUT2D eigenvalue weighted by molar-refractivity contribution is -0.115. The van der Waals surface area contributed by atoms with Crippen molar-refractivity contribution in [3.05, 3.63) is 51.9 Å². The molecular weight excluding hydrogens is 412 g/mol. The van der Waals surface area contributed by atoms with Crippen LogP contribution in [-0.2, 0) is 4.79 Å². The minimum absolute atomic E-state index is 0.231. The lowest BCUT2D eigenvalue weighted by Crippen LogP contribution is -2.19. The molecule has 3 rings (SSSR count). The SMILES string of the molecule is CCOc1cc(Cl)c(/C=C2/SC(=Nc3ccc(OC)cc3)NC2=O)cc1OCC. The van der Waals surface area contributed by atoms with Crippen LogP contribution >= 0.6 is 23.4 Å². The molecule has 0 aromatic heterocycles. The molecule has 0 bridgehead atoms. The van der Waals surface area contributed by atoms with E-state index < -0.39 is 0 Å². The number of amides is 1. The van der Waals surface area contributed by atoms with E-state index in [9.17, 15) is 4.79 Å². The summed E-state index contributed by atoms with van der Waals surface area (Å²) >= 11 is 7.64. The molecule has 6 nitrogen and oxygen atoms in total. The molecule has 1 aliphatic rings. The number of amidine groups is 1. The second kappa shape index (κ2) is 9.71. The fraction of sp³-hybridized carbons (Fsp3) is 0.238. The van der Waals surface area contributed by atoms with E-state index in [4.69, 9.17) is 25.8 Å². The van der Waals surface area contributed by atoms with Crippen molar-refractivity contribution in [1.29, 1.82) is 0 Å². The summed E-state index contributed by atoms with van der Waals surface area (Å²) < 4.78 is 16.4. The van der Waals surface area contributed by atoms with Crippen LogP contribution in [0.25, 0.3) is 6.08 Å². The third kappa shape index (κ3) is 5.25. The number of benzene rings is 2. The van der Waals surface area contributed by atoms with Crippen molar-refractivity contribution in [2.75, 3.05) is 20.3 Å². The van der Waals surface area contributed by atoms with Gasteiger partial charge in [0.05, 0.1) is 35.9 Å². The number of thioether (sulfide) groups is 1. The first-order chi connectivity index (χ1) is 14.0. The molecule has 1 saturated heterocycles. The van der Waals surface area contributed by atoms with Gasteiger partial charge in [-0.2, -0.15) is 0 Å². The summed E-state index contributed by atoms with van der Waals surface area (Å²) in [6.45, 7) is 4.78. The molecule has 1 N–H and O–H groups in total. The van der Waals surface area contributed by atoms with Crippen molar-refractivity contribution in [2.24, 2.45) is 4.99 Å². The monoisotopic (exact) mass is 432 g/mol. The minimum atomic E-state index is -0.231. The Labute approximate surface area is 178 Å². The van der Waals surface area contributed by atoms with Crippen LogP contribution in [-0.4, -0.2) is 31.4 Å². The van der Waals surface area contributed by atoms with Gasteiger partial charge in [-0.3, -0.25) is 4.79 Å². The molecule has 2 aromatic rings. The first kappa shape index (κ1) is 21.1. The molecule has 0 unspecified atom stereocenters. The molecule has 0 radical (unpaired) electrons. The Kier molecular flexibility index (Phi) is 7.06. The minimum Gasteiger partial charge on any atom is -0.497 e. The Bertz CT molecular complexity index is 958. The lowest BCUT2D eigenvalue weighted by Gasteiger charge is -2.12. The average Bonchev–Trinajstić information content (AvgIpc) is 3.05. The van der Waals surface area contributed by atoms with E-state index in [1.165, 1.54) is 11.8 Å². The van der Waals surface area contributed by atoms with E-state index in [0.717, 1.165) is 5.75 Å². The first-order valence-corrected chi connectivity index (χ1v) is 10.3. The van der Waals surface area contributed by atoms with Gasteiger partial charge < -0.3 is 19.5 Å². The number of aliphatic imine (C=N–C) groups is 1. The van der Waals surface area contributed by atoms with E-state index in [0.29, 0.717) is 51.1 Å². The number of carbonyl (C=O) groups excluding carboxylic acids is 1. The van der Waals surface area contributed by atoms with E-state index >= 15 is 0 Å². The highest BCUT2D eigenvalue weighted by atomic mass is 35.5. The zero-order chi connectivity index (χ0) is 20.8. The van der Waals surface area contributed by atoms with Crippen molar-refractivity contribution in [2.45, 2.75) is 13.8 Å². The largest absolute Gasteiger partial charge is 0.497 e. The second-order valence-corrected chi connectivity index (χ2v) is 7.30. The predicted molar refractivity (Wildman–Crippen MR) is 118 cm³/mol. The quantitative estimate of drug-likeness (QED) is 0.621. The van der Waals surface area contributed by atoms with Crippen LogP contribution in [0.2, 0.25) is 5.02 Å². The van der Waals surface area contributed by atoms with Crippen LogP contribution in [0.15, 0.2) is 46.3 Å². The molecular formula is C21H21ClN2O4S. The third-order valence-corrected chi connectivity index (χ3v) is 5.14. The number of ether oxygens (including phenoxy) is 3. The van der Waals surface area contributed by atoms with Crippen molar-refractivity contribution >= 4 is 46.2 Å². The van der Waals surface area contributed by atoms with Gasteiger partial charge in [-0.05, 0) is 67.6 Å². The molecule has 1 aliphatic heterocycles. The second-order valence-electron chi connectivity index (χ2n) is 5.87. The Morgan fingerprint density at radius 1 is 1.10 bits per heavy atom. The van der Waals surface area contributed by atoms with Gasteiger partial charge in [-0.15, -0.1) is 0 Å². The van der Waals surface area contributed by atoms with Crippen LogP contribution in [0.4, 0.5) is 5.69 Å². The molecule has 0 saturated carbocycles. The summed E-state index contributed by atoms with van der Waals surface area (Å²) in [5.41, 5.74) is 1.38. The zero-order valence-corrected chi connectivity index (χ0v) is 17.9. The summed E-state index contributed by atoms with van der Waals surface area (Å²) in [5.74, 6) is 1.67. The first-order valence-electron chi connectivity index (χ1n) is 9.06. The molecule has 0 aliphatic carbocycles. The van der Waals surface area contributed by atoms with Crippen LogP contribution in [0, 0.1) is 0 Å². The topological polar surface area (TPSA) is 69.2 Å². The van der Waals surface area contributed by atoms with Gasteiger partial charge in [0.15, 0.2) is 16.7 Å². The number of methoxy groups -OCH3 is 1. The Morgan fingerprint density at radius 3 is 2.38 bits per heavy atom. The number of halogens is 1. The maximum atomic E-state index is 12.4. The molecule has 152 valence electrons. The van der Waals surface area contributed by atoms with Crippen LogP contribution in [0.3, 0.4) is 0 Å². The summed E-state index contributed by atoms with van der Waals surface area (Å²) in [7, 11) is 1.61. The number of hydrogen-bond acceptors (Lipinski definition) is 6. The highest BCUT2D eigenvalue weighted by Gasteiger charge is 2.24. The molecule has 1 amide bonds. The highest BCUT2D eigenvalue weighted by Crippen LogP contribution is 2.36. The summed E-state index contributed by atoms with van der Waals surface area (Å²) in [4.78, 5) is 17.3. The number of nitrogens with zero attached hydrogens (tertiary/aromatic N) is 1. The maximum absolute atomic E-state index is 12.4. The van der Waals surface area contributed by atoms with Crippen molar-refractivity contribution < 1.29 is 19.0 Å². The van der Waals surface area contributed by atoms with Crippen LogP contribution < -0.4 is 19.5 Å². The van der Waals surface area contributed by atoms with Gasteiger partial charge in [0, 0.05) is 6.07 Å². The van der Waals surface area contributed by atoms with Crippen molar-refractivity contribution in [3.63, 3.8) is 0 Å². The lowest BCUT2D eigenvalue weighted by atomic mass is 10.1. The fourth-order valence-electron chi connectivity index (χ4n) is 2.59. The van der Waals surface area contributed by atoms with Gasteiger partial charge in [0.1, 0.15) is 5.75 Å². The molecule has 29 heavy (non-hydrogen) atoms. The van der Waals surface area contributed by atoms with Crippen molar-refractivity contribution in [1.82, 2.24) is 5.32 Å². The van der Waals surface area contributed by atoms with Gasteiger partial charge in [0.25, 0.3) is 5.91 Å². The highest BCUT2D eigenvalue weighted by molar-refractivity contribution is 8.18. The van der Waals surface area contributed by atoms with E-state index in [2.05, 4.69) is 10.3 Å². The predicted octanol–water partition coefficient (Wildman–Crippen LogP) is 5.04. The summed E-state index contributed by atoms with van der Waals surface area (Å²) in [5, 5.41) is 3.74. The number of hydrogen-bond donors (Lipinski definition) is 1. The molecule has 1 fully saturated rings. The Balaban J connectivity index is 1.85. The normalized spacial score (nSPS) is 16.2. The van der Waals surface area contributed by atoms with E-state index in [1.807, 2.05) is 38.1 Å². The molecule has 1 heterocycles. The van der Waals surface area contributed by atoms with Gasteiger partial charge in [-0.1, -0.05) is 11.6 Å². The van der Waals surface area contributed by atoms with Gasteiger partial charge in [0.2, 0.25) is 0 Å².